The number of carbonyl (C=O) groups is 2. The van der Waals surface area contributed by atoms with Crippen molar-refractivity contribution < 1.29 is 9.59 Å². The Hall–Kier alpha value is -1.84. The van der Waals surface area contributed by atoms with Crippen LogP contribution < -0.4 is 5.32 Å². The second kappa shape index (κ2) is 7.43. The summed E-state index contributed by atoms with van der Waals surface area (Å²) in [6.07, 6.45) is 2.22. The van der Waals surface area contributed by atoms with E-state index in [9.17, 15) is 9.59 Å². The van der Waals surface area contributed by atoms with E-state index in [1.54, 1.807) is 0 Å². The number of nitrogens with one attached hydrogen (secondary N) is 1. The first-order valence-corrected chi connectivity index (χ1v) is 8.19. The molecule has 1 N–H and O–H groups in total. The number of piperidine rings is 1. The Balaban J connectivity index is 1.86. The molecule has 0 spiro atoms. The Labute approximate surface area is 132 Å². The normalized spacial score (nSPS) is 15.9. The molecule has 0 saturated carbocycles. The summed E-state index contributed by atoms with van der Waals surface area (Å²) in [5.41, 5.74) is 1.94. The molecule has 1 fully saturated rings. The third kappa shape index (κ3) is 4.09. The van der Waals surface area contributed by atoms with Crippen molar-refractivity contribution in [1.82, 2.24) is 10.2 Å². The Morgan fingerprint density at radius 2 is 1.77 bits per heavy atom. The average Bonchev–Trinajstić information content (AvgIpc) is 2.54. The molecule has 0 aliphatic carbocycles. The summed E-state index contributed by atoms with van der Waals surface area (Å²) < 4.78 is 0. The van der Waals surface area contributed by atoms with E-state index in [0.717, 1.165) is 25.9 Å². The lowest BCUT2D eigenvalue weighted by Gasteiger charge is -2.32. The molecule has 4 nitrogen and oxygen atoms in total. The van der Waals surface area contributed by atoms with Gasteiger partial charge in [-0.2, -0.15) is 0 Å². The SMILES string of the molecule is CCC(=O)N1CCC(NC(=O)c2ccc(C(C)C)cc2)CC1. The van der Waals surface area contributed by atoms with E-state index < -0.39 is 0 Å². The van der Waals surface area contributed by atoms with Gasteiger partial charge in [-0.25, -0.2) is 0 Å². The zero-order valence-corrected chi connectivity index (χ0v) is 13.8. The van der Waals surface area contributed by atoms with Crippen LogP contribution in [0, 0.1) is 0 Å². The van der Waals surface area contributed by atoms with Gasteiger partial charge in [0.25, 0.3) is 5.91 Å². The molecule has 1 aliphatic rings. The van der Waals surface area contributed by atoms with Gasteiger partial charge >= 0.3 is 0 Å². The molecule has 1 aromatic rings. The molecule has 0 bridgehead atoms. The summed E-state index contributed by atoms with van der Waals surface area (Å²) >= 11 is 0. The van der Waals surface area contributed by atoms with Crippen LogP contribution in [0.25, 0.3) is 0 Å². The molecular formula is C18H26N2O2. The van der Waals surface area contributed by atoms with Crippen molar-refractivity contribution in [2.24, 2.45) is 0 Å². The van der Waals surface area contributed by atoms with Crippen LogP contribution in [-0.4, -0.2) is 35.8 Å². The minimum absolute atomic E-state index is 0.0180. The lowest BCUT2D eigenvalue weighted by atomic mass is 10.0. The molecule has 4 heteroatoms. The van der Waals surface area contributed by atoms with E-state index in [0.29, 0.717) is 17.9 Å². The number of nitrogens with zero attached hydrogens (tertiary/aromatic N) is 1. The van der Waals surface area contributed by atoms with Crippen molar-refractivity contribution in [1.29, 1.82) is 0 Å². The van der Waals surface area contributed by atoms with Crippen LogP contribution in [0.15, 0.2) is 24.3 Å². The van der Waals surface area contributed by atoms with Gasteiger partial charge in [0.05, 0.1) is 0 Å². The van der Waals surface area contributed by atoms with Gasteiger partial charge < -0.3 is 10.2 Å². The molecule has 1 aromatic carbocycles. The number of likely N-dealkylation sites (tertiary alicyclic amines) is 1. The number of benzene rings is 1. The van der Waals surface area contributed by atoms with Crippen LogP contribution in [0.1, 0.15) is 61.9 Å². The highest BCUT2D eigenvalue weighted by Gasteiger charge is 2.23. The van der Waals surface area contributed by atoms with Gasteiger partial charge in [-0.3, -0.25) is 9.59 Å². The Kier molecular flexibility index (Phi) is 5.58. The number of amides is 2. The van der Waals surface area contributed by atoms with Crippen LogP contribution in [0.2, 0.25) is 0 Å². The van der Waals surface area contributed by atoms with Crippen molar-refractivity contribution in [3.05, 3.63) is 35.4 Å². The van der Waals surface area contributed by atoms with E-state index in [2.05, 4.69) is 19.2 Å². The molecule has 1 heterocycles. The summed E-state index contributed by atoms with van der Waals surface area (Å²) in [5.74, 6) is 0.655. The number of hydrogen-bond acceptors (Lipinski definition) is 2. The predicted octanol–water partition coefficient (Wildman–Crippen LogP) is 2.94. The summed E-state index contributed by atoms with van der Waals surface area (Å²) in [4.78, 5) is 25.8. The van der Waals surface area contributed by atoms with Crippen LogP contribution in [-0.2, 0) is 4.79 Å². The second-order valence-corrected chi connectivity index (χ2v) is 6.26. The Morgan fingerprint density at radius 3 is 2.27 bits per heavy atom. The first-order chi connectivity index (χ1) is 10.5. The molecule has 1 aliphatic heterocycles. The minimum atomic E-state index is -0.0180. The highest BCUT2D eigenvalue weighted by Crippen LogP contribution is 2.16. The Bertz CT molecular complexity index is 514. The maximum atomic E-state index is 12.3. The summed E-state index contributed by atoms with van der Waals surface area (Å²) in [6, 6.07) is 7.98. The van der Waals surface area contributed by atoms with E-state index >= 15 is 0 Å². The van der Waals surface area contributed by atoms with Crippen LogP contribution in [0.5, 0.6) is 0 Å². The molecule has 0 aromatic heterocycles. The summed E-state index contributed by atoms with van der Waals surface area (Å²) in [6.45, 7) is 7.64. The zero-order chi connectivity index (χ0) is 16.1. The Morgan fingerprint density at radius 1 is 1.18 bits per heavy atom. The zero-order valence-electron chi connectivity index (χ0n) is 13.8. The fourth-order valence-corrected chi connectivity index (χ4v) is 2.78. The van der Waals surface area contributed by atoms with Gasteiger partial charge in [0.15, 0.2) is 0 Å². The standard InChI is InChI=1S/C18H26N2O2/c1-4-17(21)20-11-9-16(10-12-20)19-18(22)15-7-5-14(6-8-15)13(2)3/h5-8,13,16H,4,9-12H2,1-3H3,(H,19,22). The van der Waals surface area contributed by atoms with Crippen LogP contribution >= 0.6 is 0 Å². The van der Waals surface area contributed by atoms with E-state index in [-0.39, 0.29) is 17.9 Å². The van der Waals surface area contributed by atoms with Crippen molar-refractivity contribution >= 4 is 11.8 Å². The molecule has 120 valence electrons. The maximum Gasteiger partial charge on any atom is 0.251 e. The van der Waals surface area contributed by atoms with E-state index in [1.165, 1.54) is 5.56 Å². The van der Waals surface area contributed by atoms with Gasteiger partial charge in [-0.05, 0) is 36.5 Å². The first kappa shape index (κ1) is 16.5. The lowest BCUT2D eigenvalue weighted by Crippen LogP contribution is -2.46. The van der Waals surface area contributed by atoms with Crippen molar-refractivity contribution in [2.75, 3.05) is 13.1 Å². The van der Waals surface area contributed by atoms with Crippen molar-refractivity contribution in [2.45, 2.75) is 52.0 Å². The summed E-state index contributed by atoms with van der Waals surface area (Å²) in [5, 5.41) is 3.08. The van der Waals surface area contributed by atoms with Crippen molar-refractivity contribution in [3.8, 4) is 0 Å². The highest BCUT2D eigenvalue weighted by atomic mass is 16.2. The largest absolute Gasteiger partial charge is 0.349 e. The summed E-state index contributed by atoms with van der Waals surface area (Å²) in [7, 11) is 0. The lowest BCUT2D eigenvalue weighted by molar-refractivity contribution is -0.131. The molecule has 0 radical (unpaired) electrons. The van der Waals surface area contributed by atoms with Gasteiger partial charge in [-0.1, -0.05) is 32.9 Å². The quantitative estimate of drug-likeness (QED) is 0.929. The fraction of sp³-hybridized carbons (Fsp3) is 0.556. The fourth-order valence-electron chi connectivity index (χ4n) is 2.78. The van der Waals surface area contributed by atoms with Gasteiger partial charge in [0.2, 0.25) is 5.91 Å². The van der Waals surface area contributed by atoms with E-state index in [4.69, 9.17) is 0 Å². The number of rotatable bonds is 4. The molecule has 2 rings (SSSR count). The second-order valence-electron chi connectivity index (χ2n) is 6.26. The van der Waals surface area contributed by atoms with Gasteiger partial charge in [0, 0.05) is 31.1 Å². The highest BCUT2D eigenvalue weighted by molar-refractivity contribution is 5.94. The molecule has 0 atom stereocenters. The molecular weight excluding hydrogens is 276 g/mol. The number of hydrogen-bond donors (Lipinski definition) is 1. The minimum Gasteiger partial charge on any atom is -0.349 e. The molecule has 1 saturated heterocycles. The third-order valence-electron chi connectivity index (χ3n) is 4.32. The van der Waals surface area contributed by atoms with Crippen LogP contribution in [0.3, 0.4) is 0 Å². The molecule has 2 amide bonds. The molecule has 0 unspecified atom stereocenters. The third-order valence-corrected chi connectivity index (χ3v) is 4.32. The topological polar surface area (TPSA) is 49.4 Å². The maximum absolute atomic E-state index is 12.3. The van der Waals surface area contributed by atoms with Gasteiger partial charge in [0.1, 0.15) is 0 Å². The number of carbonyl (C=O) groups excluding carboxylic acids is 2. The van der Waals surface area contributed by atoms with E-state index in [1.807, 2.05) is 36.1 Å². The first-order valence-electron chi connectivity index (χ1n) is 8.19. The van der Waals surface area contributed by atoms with Gasteiger partial charge in [-0.15, -0.1) is 0 Å². The molecule has 22 heavy (non-hydrogen) atoms. The predicted molar refractivity (Wildman–Crippen MR) is 87.9 cm³/mol. The van der Waals surface area contributed by atoms with Crippen molar-refractivity contribution in [3.63, 3.8) is 0 Å². The smallest absolute Gasteiger partial charge is 0.251 e. The van der Waals surface area contributed by atoms with Crippen LogP contribution in [0.4, 0.5) is 0 Å². The monoisotopic (exact) mass is 302 g/mol. The average molecular weight is 302 g/mol.